The van der Waals surface area contributed by atoms with Crippen molar-refractivity contribution in [2.75, 3.05) is 0 Å². The summed E-state index contributed by atoms with van der Waals surface area (Å²) in [5.41, 5.74) is 2.75. The van der Waals surface area contributed by atoms with Crippen molar-refractivity contribution in [2.45, 2.75) is 0 Å². The molecule has 0 saturated carbocycles. The molecule has 0 bridgehead atoms. The van der Waals surface area contributed by atoms with E-state index in [4.69, 9.17) is 5.11 Å². The molecule has 0 aliphatic heterocycles. The fourth-order valence-electron chi connectivity index (χ4n) is 2.03. The number of rotatable bonds is 3. The highest BCUT2D eigenvalue weighted by Gasteiger charge is 2.07. The second kappa shape index (κ2) is 4.97. The number of para-hydroxylation sites is 1. The van der Waals surface area contributed by atoms with Crippen LogP contribution >= 0.6 is 0 Å². The van der Waals surface area contributed by atoms with Crippen LogP contribution in [0.5, 0.6) is 0 Å². The molecule has 98 valence electrons. The van der Waals surface area contributed by atoms with Crippen molar-refractivity contribution in [1.29, 1.82) is 0 Å². The molecular formula is C15H11N3O2. The van der Waals surface area contributed by atoms with Crippen LogP contribution in [0.15, 0.2) is 48.8 Å². The van der Waals surface area contributed by atoms with Gasteiger partial charge in [-0.25, -0.2) is 14.8 Å². The summed E-state index contributed by atoms with van der Waals surface area (Å²) in [5, 5.41) is 9.69. The van der Waals surface area contributed by atoms with E-state index in [1.165, 1.54) is 6.08 Å². The SMILES string of the molecule is O=C(O)/C=C/c1nccc(-c2c[nH]c3ccccc23)n1. The Labute approximate surface area is 114 Å². The molecule has 1 aromatic carbocycles. The molecule has 0 unspecified atom stereocenters. The number of benzene rings is 1. The van der Waals surface area contributed by atoms with Crippen molar-refractivity contribution in [3.63, 3.8) is 0 Å². The van der Waals surface area contributed by atoms with Crippen LogP contribution in [-0.2, 0) is 4.79 Å². The lowest BCUT2D eigenvalue weighted by molar-refractivity contribution is -0.131. The van der Waals surface area contributed by atoms with Gasteiger partial charge in [-0.1, -0.05) is 18.2 Å². The Morgan fingerprint density at radius 3 is 2.95 bits per heavy atom. The van der Waals surface area contributed by atoms with Gasteiger partial charge in [0.15, 0.2) is 5.82 Å². The molecule has 5 nitrogen and oxygen atoms in total. The molecule has 5 heteroatoms. The zero-order chi connectivity index (χ0) is 13.9. The number of carboxylic acid groups (broad SMARTS) is 1. The van der Waals surface area contributed by atoms with E-state index < -0.39 is 5.97 Å². The third-order valence-corrected chi connectivity index (χ3v) is 2.91. The van der Waals surface area contributed by atoms with Crippen LogP contribution in [0.1, 0.15) is 5.82 Å². The van der Waals surface area contributed by atoms with Gasteiger partial charge >= 0.3 is 5.97 Å². The van der Waals surface area contributed by atoms with E-state index in [0.29, 0.717) is 5.82 Å². The van der Waals surface area contributed by atoms with Crippen LogP contribution in [0.2, 0.25) is 0 Å². The Kier molecular flexibility index (Phi) is 3.01. The maximum atomic E-state index is 10.5. The van der Waals surface area contributed by atoms with Crippen LogP contribution in [0, 0.1) is 0 Å². The third-order valence-electron chi connectivity index (χ3n) is 2.91. The number of nitrogens with one attached hydrogen (secondary N) is 1. The van der Waals surface area contributed by atoms with Crippen LogP contribution in [-0.4, -0.2) is 26.0 Å². The minimum atomic E-state index is -1.02. The maximum Gasteiger partial charge on any atom is 0.328 e. The average Bonchev–Trinajstić information content (AvgIpc) is 2.89. The van der Waals surface area contributed by atoms with Crippen molar-refractivity contribution in [3.05, 3.63) is 54.6 Å². The standard InChI is InChI=1S/C15H11N3O2/c19-15(20)6-5-14-16-8-7-13(18-14)11-9-17-12-4-2-1-3-10(11)12/h1-9,17H,(H,19,20)/b6-5+. The first-order valence-electron chi connectivity index (χ1n) is 6.04. The number of aromatic nitrogens is 3. The molecule has 3 rings (SSSR count). The number of fused-ring (bicyclic) bond motifs is 1. The van der Waals surface area contributed by atoms with Gasteiger partial charge in [0.05, 0.1) is 5.69 Å². The summed E-state index contributed by atoms with van der Waals surface area (Å²) in [6.45, 7) is 0. The number of aliphatic carboxylic acids is 1. The fourth-order valence-corrected chi connectivity index (χ4v) is 2.03. The second-order valence-electron chi connectivity index (χ2n) is 4.22. The van der Waals surface area contributed by atoms with Crippen molar-refractivity contribution in [3.8, 4) is 11.3 Å². The topological polar surface area (TPSA) is 78.9 Å². The fraction of sp³-hybridized carbons (Fsp3) is 0. The zero-order valence-electron chi connectivity index (χ0n) is 10.4. The summed E-state index contributed by atoms with van der Waals surface area (Å²) in [6, 6.07) is 9.73. The lowest BCUT2D eigenvalue weighted by Crippen LogP contribution is -1.92. The van der Waals surface area contributed by atoms with Gasteiger partial charge in [-0.05, 0) is 18.2 Å². The Morgan fingerprint density at radius 2 is 2.10 bits per heavy atom. The lowest BCUT2D eigenvalue weighted by atomic mass is 10.1. The first-order chi connectivity index (χ1) is 9.74. The summed E-state index contributed by atoms with van der Waals surface area (Å²) in [7, 11) is 0. The first-order valence-corrected chi connectivity index (χ1v) is 6.04. The van der Waals surface area contributed by atoms with Gasteiger partial charge in [0.25, 0.3) is 0 Å². The number of carbonyl (C=O) groups is 1. The van der Waals surface area contributed by atoms with Crippen molar-refractivity contribution < 1.29 is 9.90 Å². The first kappa shape index (κ1) is 12.1. The highest BCUT2D eigenvalue weighted by atomic mass is 16.4. The van der Waals surface area contributed by atoms with Gasteiger partial charge in [0.1, 0.15) is 0 Å². The van der Waals surface area contributed by atoms with Crippen molar-refractivity contribution in [1.82, 2.24) is 15.0 Å². The molecule has 0 atom stereocenters. The molecule has 20 heavy (non-hydrogen) atoms. The third kappa shape index (κ3) is 2.29. The van der Waals surface area contributed by atoms with Crippen molar-refractivity contribution >= 4 is 22.9 Å². The second-order valence-corrected chi connectivity index (χ2v) is 4.22. The number of H-pyrrole nitrogens is 1. The maximum absolute atomic E-state index is 10.5. The molecule has 2 heterocycles. The Hall–Kier alpha value is -2.95. The molecular weight excluding hydrogens is 254 g/mol. The predicted molar refractivity (Wildman–Crippen MR) is 76.0 cm³/mol. The van der Waals surface area contributed by atoms with E-state index >= 15 is 0 Å². The van der Waals surface area contributed by atoms with Gasteiger partial charge in [0, 0.05) is 34.9 Å². The zero-order valence-corrected chi connectivity index (χ0v) is 10.4. The van der Waals surface area contributed by atoms with E-state index in [0.717, 1.165) is 28.2 Å². The molecule has 0 aliphatic rings. The quantitative estimate of drug-likeness (QED) is 0.714. The van der Waals surface area contributed by atoms with E-state index in [9.17, 15) is 4.79 Å². The van der Waals surface area contributed by atoms with E-state index in [1.54, 1.807) is 12.3 Å². The van der Waals surface area contributed by atoms with Gasteiger partial charge in [-0.3, -0.25) is 0 Å². The summed E-state index contributed by atoms with van der Waals surface area (Å²) < 4.78 is 0. The summed E-state index contributed by atoms with van der Waals surface area (Å²) in [4.78, 5) is 22.1. The molecule has 0 radical (unpaired) electrons. The van der Waals surface area contributed by atoms with Crippen LogP contribution in [0.4, 0.5) is 0 Å². The molecule has 2 aromatic heterocycles. The highest BCUT2D eigenvalue weighted by molar-refractivity contribution is 5.94. The Balaban J connectivity index is 2.06. The van der Waals surface area contributed by atoms with Gasteiger partial charge in [-0.2, -0.15) is 0 Å². The number of nitrogens with zero attached hydrogens (tertiary/aromatic N) is 2. The minimum absolute atomic E-state index is 0.371. The number of carboxylic acids is 1. The highest BCUT2D eigenvalue weighted by Crippen LogP contribution is 2.26. The van der Waals surface area contributed by atoms with Crippen molar-refractivity contribution in [2.24, 2.45) is 0 Å². The molecule has 3 aromatic rings. The van der Waals surface area contributed by atoms with Crippen LogP contribution in [0.3, 0.4) is 0 Å². The average molecular weight is 265 g/mol. The summed E-state index contributed by atoms with van der Waals surface area (Å²) in [5.74, 6) is -0.652. The Bertz CT molecular complexity index is 805. The van der Waals surface area contributed by atoms with Crippen LogP contribution < -0.4 is 0 Å². The molecule has 2 N–H and O–H groups in total. The number of hydrogen-bond acceptors (Lipinski definition) is 3. The molecule has 0 aliphatic carbocycles. The predicted octanol–water partition coefficient (Wildman–Crippen LogP) is 2.72. The van der Waals surface area contributed by atoms with E-state index in [-0.39, 0.29) is 0 Å². The van der Waals surface area contributed by atoms with Gasteiger partial charge in [0.2, 0.25) is 0 Å². The molecule has 0 saturated heterocycles. The van der Waals surface area contributed by atoms with Crippen LogP contribution in [0.25, 0.3) is 28.2 Å². The van der Waals surface area contributed by atoms with Gasteiger partial charge < -0.3 is 10.1 Å². The molecule has 0 spiro atoms. The largest absolute Gasteiger partial charge is 0.478 e. The minimum Gasteiger partial charge on any atom is -0.478 e. The van der Waals surface area contributed by atoms with E-state index in [2.05, 4.69) is 15.0 Å². The van der Waals surface area contributed by atoms with Gasteiger partial charge in [-0.15, -0.1) is 0 Å². The lowest BCUT2D eigenvalue weighted by Gasteiger charge is -1.99. The number of aromatic amines is 1. The van der Waals surface area contributed by atoms with E-state index in [1.807, 2.05) is 30.5 Å². The monoisotopic (exact) mass is 265 g/mol. The summed E-state index contributed by atoms with van der Waals surface area (Å²) >= 11 is 0. The number of hydrogen-bond donors (Lipinski definition) is 2. The Morgan fingerprint density at radius 1 is 1.25 bits per heavy atom. The molecule has 0 amide bonds. The molecule has 0 fully saturated rings. The normalized spacial score (nSPS) is 11.2. The summed E-state index contributed by atoms with van der Waals surface area (Å²) in [6.07, 6.45) is 5.90. The smallest absolute Gasteiger partial charge is 0.328 e.